The molecule has 25 heavy (non-hydrogen) atoms. The van der Waals surface area contributed by atoms with E-state index in [-0.39, 0.29) is 5.91 Å². The van der Waals surface area contributed by atoms with Crippen molar-refractivity contribution >= 4 is 11.6 Å². The van der Waals surface area contributed by atoms with Gasteiger partial charge < -0.3 is 15.1 Å². The zero-order chi connectivity index (χ0) is 17.3. The molecule has 2 fully saturated rings. The van der Waals surface area contributed by atoms with Crippen molar-refractivity contribution in [3.8, 4) is 0 Å². The van der Waals surface area contributed by atoms with Gasteiger partial charge in [-0.2, -0.15) is 10.2 Å². The van der Waals surface area contributed by atoms with Crippen molar-refractivity contribution < 1.29 is 4.79 Å². The summed E-state index contributed by atoms with van der Waals surface area (Å²) in [6, 6.07) is 1.90. The summed E-state index contributed by atoms with van der Waals surface area (Å²) >= 11 is 0. The summed E-state index contributed by atoms with van der Waals surface area (Å²) in [5.74, 6) is 0.212. The molecule has 0 saturated carbocycles. The van der Waals surface area contributed by atoms with Crippen molar-refractivity contribution in [1.29, 1.82) is 0 Å². The SMILES string of the molecule is Cn1cc(N2CCN(C(=O)C3(n4cccn4)CCNCC3)CC2)cn1. The summed E-state index contributed by atoms with van der Waals surface area (Å²) < 4.78 is 3.69. The maximum Gasteiger partial charge on any atom is 0.250 e. The van der Waals surface area contributed by atoms with Gasteiger partial charge in [-0.15, -0.1) is 0 Å². The van der Waals surface area contributed by atoms with E-state index in [0.717, 1.165) is 57.8 Å². The molecule has 2 aromatic rings. The molecule has 2 saturated heterocycles. The van der Waals surface area contributed by atoms with Gasteiger partial charge in [0.25, 0.3) is 5.91 Å². The maximum absolute atomic E-state index is 13.4. The molecule has 0 bridgehead atoms. The number of anilines is 1. The first-order valence-corrected chi connectivity index (χ1v) is 8.93. The molecule has 8 nitrogen and oxygen atoms in total. The molecule has 0 atom stereocenters. The Balaban J connectivity index is 1.48. The molecule has 2 aliphatic rings. The number of hydrogen-bond donors (Lipinski definition) is 1. The van der Waals surface area contributed by atoms with E-state index in [1.807, 2.05) is 46.0 Å². The first kappa shape index (κ1) is 16.1. The highest BCUT2D eigenvalue weighted by Gasteiger charge is 2.44. The molecule has 2 aliphatic heterocycles. The van der Waals surface area contributed by atoms with Crippen LogP contribution in [0.25, 0.3) is 0 Å². The fraction of sp³-hybridized carbons (Fsp3) is 0.588. The van der Waals surface area contributed by atoms with E-state index in [2.05, 4.69) is 20.4 Å². The number of piperazine rings is 1. The number of rotatable bonds is 3. The molecular weight excluding hydrogens is 318 g/mol. The second-order valence-corrected chi connectivity index (χ2v) is 6.88. The van der Waals surface area contributed by atoms with Crippen molar-refractivity contribution in [3.63, 3.8) is 0 Å². The van der Waals surface area contributed by atoms with Gasteiger partial charge in [-0.1, -0.05) is 0 Å². The summed E-state index contributed by atoms with van der Waals surface area (Å²) in [5.41, 5.74) is 0.587. The van der Waals surface area contributed by atoms with Gasteiger partial charge in [0.1, 0.15) is 5.54 Å². The predicted octanol–water partition coefficient (Wildman–Crippen LogP) is 0.0441. The standard InChI is InChI=1S/C17H25N7O/c1-21-14-15(13-20-21)22-9-11-23(12-10-22)16(25)17(3-6-18-7-4-17)24-8-2-5-19-24/h2,5,8,13-14,18H,3-4,6-7,9-12H2,1H3. The van der Waals surface area contributed by atoms with E-state index in [1.165, 1.54) is 0 Å². The molecule has 4 heterocycles. The number of carbonyl (C=O) groups is 1. The molecule has 0 radical (unpaired) electrons. The third-order valence-electron chi connectivity index (χ3n) is 5.40. The summed E-state index contributed by atoms with van der Waals surface area (Å²) in [6.07, 6.45) is 9.17. The second-order valence-electron chi connectivity index (χ2n) is 6.88. The van der Waals surface area contributed by atoms with Crippen LogP contribution in [-0.4, -0.2) is 69.6 Å². The van der Waals surface area contributed by atoms with Gasteiger partial charge in [-0.25, -0.2) is 0 Å². The highest BCUT2D eigenvalue weighted by atomic mass is 16.2. The van der Waals surface area contributed by atoms with Crippen LogP contribution in [0, 0.1) is 0 Å². The van der Waals surface area contributed by atoms with Crippen molar-refractivity contribution in [3.05, 3.63) is 30.9 Å². The van der Waals surface area contributed by atoms with Gasteiger partial charge in [-0.3, -0.25) is 14.2 Å². The Bertz CT molecular complexity index is 709. The normalized spacial score (nSPS) is 20.7. The van der Waals surface area contributed by atoms with Crippen LogP contribution >= 0.6 is 0 Å². The summed E-state index contributed by atoms with van der Waals surface area (Å²) in [7, 11) is 1.92. The molecule has 2 aromatic heterocycles. The number of aryl methyl sites for hydroxylation is 1. The molecular formula is C17H25N7O. The van der Waals surface area contributed by atoms with Crippen molar-refractivity contribution in [2.45, 2.75) is 18.4 Å². The van der Waals surface area contributed by atoms with Crippen LogP contribution < -0.4 is 10.2 Å². The van der Waals surface area contributed by atoms with Gasteiger partial charge in [-0.05, 0) is 32.0 Å². The van der Waals surface area contributed by atoms with E-state index >= 15 is 0 Å². The van der Waals surface area contributed by atoms with Crippen LogP contribution in [0.4, 0.5) is 5.69 Å². The van der Waals surface area contributed by atoms with E-state index in [0.29, 0.717) is 0 Å². The fourth-order valence-electron chi connectivity index (χ4n) is 3.94. The number of amides is 1. The second kappa shape index (κ2) is 6.51. The third-order valence-corrected chi connectivity index (χ3v) is 5.40. The Hall–Kier alpha value is -2.35. The van der Waals surface area contributed by atoms with E-state index in [9.17, 15) is 4.79 Å². The summed E-state index contributed by atoms with van der Waals surface area (Å²) in [5, 5.41) is 12.0. The van der Waals surface area contributed by atoms with Gasteiger partial charge in [0.2, 0.25) is 0 Å². The topological polar surface area (TPSA) is 71.2 Å². The lowest BCUT2D eigenvalue weighted by atomic mass is 9.86. The average Bonchev–Trinajstić information content (AvgIpc) is 3.34. The number of aromatic nitrogens is 4. The molecule has 4 rings (SSSR count). The number of hydrogen-bond acceptors (Lipinski definition) is 5. The highest BCUT2D eigenvalue weighted by molar-refractivity contribution is 5.85. The Morgan fingerprint density at radius 3 is 2.52 bits per heavy atom. The zero-order valence-electron chi connectivity index (χ0n) is 14.6. The number of nitrogens with zero attached hydrogens (tertiary/aromatic N) is 6. The van der Waals surface area contributed by atoms with Gasteiger partial charge >= 0.3 is 0 Å². The Morgan fingerprint density at radius 1 is 1.16 bits per heavy atom. The number of nitrogens with one attached hydrogen (secondary N) is 1. The van der Waals surface area contributed by atoms with E-state index in [4.69, 9.17) is 0 Å². The third kappa shape index (κ3) is 2.90. The van der Waals surface area contributed by atoms with Crippen LogP contribution in [0.2, 0.25) is 0 Å². The largest absolute Gasteiger partial charge is 0.365 e. The molecule has 0 aromatic carbocycles. The van der Waals surface area contributed by atoms with Gasteiger partial charge in [0.15, 0.2) is 0 Å². The smallest absolute Gasteiger partial charge is 0.250 e. The fourth-order valence-corrected chi connectivity index (χ4v) is 3.94. The van der Waals surface area contributed by atoms with Crippen LogP contribution in [0.5, 0.6) is 0 Å². The summed E-state index contributed by atoms with van der Waals surface area (Å²) in [6.45, 7) is 4.85. The number of carbonyl (C=O) groups excluding carboxylic acids is 1. The predicted molar refractivity (Wildman–Crippen MR) is 94.3 cm³/mol. The zero-order valence-corrected chi connectivity index (χ0v) is 14.6. The lowest BCUT2D eigenvalue weighted by Crippen LogP contribution is -2.59. The lowest BCUT2D eigenvalue weighted by molar-refractivity contribution is -0.143. The van der Waals surface area contributed by atoms with Gasteiger partial charge in [0.05, 0.1) is 11.9 Å². The van der Waals surface area contributed by atoms with E-state index < -0.39 is 5.54 Å². The molecule has 0 aliphatic carbocycles. The summed E-state index contributed by atoms with van der Waals surface area (Å²) in [4.78, 5) is 17.7. The molecule has 8 heteroatoms. The van der Waals surface area contributed by atoms with Crippen LogP contribution in [0.1, 0.15) is 12.8 Å². The number of piperidine rings is 1. The minimum atomic E-state index is -0.536. The molecule has 1 amide bonds. The van der Waals surface area contributed by atoms with Gasteiger partial charge in [0, 0.05) is 51.8 Å². The molecule has 0 unspecified atom stereocenters. The first-order valence-electron chi connectivity index (χ1n) is 8.93. The Morgan fingerprint density at radius 2 is 1.92 bits per heavy atom. The Kier molecular flexibility index (Phi) is 4.20. The van der Waals surface area contributed by atoms with Crippen LogP contribution in [0.3, 0.4) is 0 Å². The first-order chi connectivity index (χ1) is 12.2. The van der Waals surface area contributed by atoms with Crippen LogP contribution in [-0.2, 0) is 17.4 Å². The van der Waals surface area contributed by atoms with Crippen LogP contribution in [0.15, 0.2) is 30.9 Å². The van der Waals surface area contributed by atoms with E-state index in [1.54, 1.807) is 6.20 Å². The lowest BCUT2D eigenvalue weighted by Gasteiger charge is -2.43. The Labute approximate surface area is 147 Å². The molecule has 0 spiro atoms. The van der Waals surface area contributed by atoms with Crippen molar-refractivity contribution in [1.82, 2.24) is 29.8 Å². The van der Waals surface area contributed by atoms with Crippen molar-refractivity contribution in [2.75, 3.05) is 44.2 Å². The minimum Gasteiger partial charge on any atom is -0.365 e. The molecule has 134 valence electrons. The minimum absolute atomic E-state index is 0.212. The average molecular weight is 343 g/mol. The molecule has 1 N–H and O–H groups in total. The quantitative estimate of drug-likeness (QED) is 0.852. The monoisotopic (exact) mass is 343 g/mol. The maximum atomic E-state index is 13.4. The highest BCUT2D eigenvalue weighted by Crippen LogP contribution is 2.30. The van der Waals surface area contributed by atoms with Crippen molar-refractivity contribution in [2.24, 2.45) is 7.05 Å².